The van der Waals surface area contributed by atoms with Gasteiger partial charge < -0.3 is 10.3 Å². The number of hydrogen-bond donors (Lipinski definition) is 2. The Morgan fingerprint density at radius 1 is 1.67 bits per heavy atom. The number of aromatic amines is 1. The second kappa shape index (κ2) is 3.80. The molecule has 0 atom stereocenters. The van der Waals surface area contributed by atoms with E-state index in [9.17, 15) is 9.90 Å². The van der Waals surface area contributed by atoms with Crippen LogP contribution in [-0.2, 0) is 5.11 Å². The molecule has 0 aromatic carbocycles. The molecule has 0 aliphatic carbocycles. The number of nitrogens with one attached hydrogen (secondary N) is 2. The summed E-state index contributed by atoms with van der Waals surface area (Å²) in [6.45, 7) is 2.55. The number of amides is 1. The molecule has 2 N–H and O–H groups in total. The number of aromatic nitrogens is 1. The van der Waals surface area contributed by atoms with E-state index in [1.54, 1.807) is 0 Å². The summed E-state index contributed by atoms with van der Waals surface area (Å²) in [6.07, 6.45) is 2.33. The summed E-state index contributed by atoms with van der Waals surface area (Å²) >= 11 is 0. The first-order valence-corrected chi connectivity index (χ1v) is 3.88. The van der Waals surface area contributed by atoms with Crippen LogP contribution in [0.3, 0.4) is 0 Å². The fourth-order valence-corrected chi connectivity index (χ4v) is 0.867. The third kappa shape index (κ3) is 1.78. The van der Waals surface area contributed by atoms with Gasteiger partial charge in [0.25, 0.3) is 11.8 Å². The zero-order valence-electron chi connectivity index (χ0n) is 6.89. The largest absolute Gasteiger partial charge is 0.352 e. The zero-order valence-corrected chi connectivity index (χ0v) is 6.89. The van der Waals surface area contributed by atoms with E-state index in [4.69, 9.17) is 0 Å². The van der Waals surface area contributed by atoms with Gasteiger partial charge in [0.1, 0.15) is 5.56 Å². The lowest BCUT2D eigenvalue weighted by atomic mass is 10.3. The molecule has 4 heteroatoms. The molecule has 0 saturated heterocycles. The van der Waals surface area contributed by atoms with Gasteiger partial charge in [-0.15, -0.1) is 0 Å². The van der Waals surface area contributed by atoms with Crippen molar-refractivity contribution in [2.75, 3.05) is 6.54 Å². The van der Waals surface area contributed by atoms with Gasteiger partial charge in [0.15, 0.2) is 0 Å². The van der Waals surface area contributed by atoms with Crippen molar-refractivity contribution in [3.05, 3.63) is 17.8 Å². The van der Waals surface area contributed by atoms with E-state index in [-0.39, 0.29) is 17.4 Å². The highest BCUT2D eigenvalue weighted by Crippen LogP contribution is 2.13. The van der Waals surface area contributed by atoms with Gasteiger partial charge in [-0.3, -0.25) is 9.90 Å². The molecule has 4 nitrogen and oxygen atoms in total. The molecule has 1 radical (unpaired) electrons. The van der Waals surface area contributed by atoms with Crippen LogP contribution in [0.15, 0.2) is 12.3 Å². The van der Waals surface area contributed by atoms with Gasteiger partial charge in [-0.2, -0.15) is 0 Å². The first-order chi connectivity index (χ1) is 5.75. The molecule has 0 unspecified atom stereocenters. The van der Waals surface area contributed by atoms with Gasteiger partial charge in [-0.1, -0.05) is 6.92 Å². The van der Waals surface area contributed by atoms with Gasteiger partial charge in [0, 0.05) is 12.7 Å². The number of carbonyl (C=O) groups is 1. The highest BCUT2D eigenvalue weighted by Gasteiger charge is 2.11. The van der Waals surface area contributed by atoms with Crippen LogP contribution >= 0.6 is 0 Å². The quantitative estimate of drug-likeness (QED) is 0.700. The first-order valence-electron chi connectivity index (χ1n) is 3.88. The van der Waals surface area contributed by atoms with Crippen molar-refractivity contribution >= 4 is 5.91 Å². The smallest absolute Gasteiger partial charge is 0.260 e. The van der Waals surface area contributed by atoms with Gasteiger partial charge in [-0.05, 0) is 12.5 Å². The van der Waals surface area contributed by atoms with E-state index in [1.807, 2.05) is 6.92 Å². The molecule has 0 aliphatic heterocycles. The highest BCUT2D eigenvalue weighted by molar-refractivity contribution is 5.96. The van der Waals surface area contributed by atoms with Crippen LogP contribution in [0.1, 0.15) is 23.7 Å². The monoisotopic (exact) mass is 167 g/mol. The summed E-state index contributed by atoms with van der Waals surface area (Å²) < 4.78 is 0. The van der Waals surface area contributed by atoms with E-state index in [0.29, 0.717) is 6.54 Å². The van der Waals surface area contributed by atoms with Crippen LogP contribution in [0.25, 0.3) is 0 Å². The summed E-state index contributed by atoms with van der Waals surface area (Å²) in [4.78, 5) is 13.6. The zero-order chi connectivity index (χ0) is 8.97. The molecule has 1 amide bonds. The normalized spacial score (nSPS) is 9.75. The average molecular weight is 167 g/mol. The third-order valence-corrected chi connectivity index (χ3v) is 1.49. The van der Waals surface area contributed by atoms with E-state index in [1.165, 1.54) is 12.3 Å². The lowest BCUT2D eigenvalue weighted by Gasteiger charge is -1.99. The van der Waals surface area contributed by atoms with Crippen molar-refractivity contribution in [1.82, 2.24) is 10.3 Å². The van der Waals surface area contributed by atoms with Crippen molar-refractivity contribution in [1.29, 1.82) is 0 Å². The Hall–Kier alpha value is -1.45. The molecular formula is C8H11N2O2. The summed E-state index contributed by atoms with van der Waals surface area (Å²) in [5.41, 5.74) is 0.184. The minimum Gasteiger partial charge on any atom is -0.352 e. The van der Waals surface area contributed by atoms with Gasteiger partial charge in [0.2, 0.25) is 0 Å². The molecule has 1 rings (SSSR count). The van der Waals surface area contributed by atoms with Gasteiger partial charge in [-0.25, -0.2) is 0 Å². The van der Waals surface area contributed by atoms with Crippen LogP contribution in [0.4, 0.5) is 0 Å². The third-order valence-electron chi connectivity index (χ3n) is 1.49. The van der Waals surface area contributed by atoms with Crippen LogP contribution in [0, 0.1) is 0 Å². The van der Waals surface area contributed by atoms with E-state index >= 15 is 0 Å². The lowest BCUT2D eigenvalue weighted by molar-refractivity contribution is 0.0949. The number of H-pyrrole nitrogens is 1. The molecule has 0 bridgehead atoms. The Labute approximate surface area is 70.6 Å². The number of hydrogen-bond acceptors (Lipinski definition) is 1. The molecule has 0 fully saturated rings. The van der Waals surface area contributed by atoms with Crippen molar-refractivity contribution in [2.24, 2.45) is 0 Å². The summed E-state index contributed by atoms with van der Waals surface area (Å²) in [7, 11) is 0. The standard InChI is InChI=1S/C8H11N2O2/c1-2-4-9-7(11)6-3-5-10-8(6)12/h3,5,10H,2,4H2,1H3,(H,9,11). The molecule has 65 valence electrons. The Balaban J connectivity index is 2.59. The summed E-state index contributed by atoms with van der Waals surface area (Å²) in [6, 6.07) is 1.48. The minimum absolute atomic E-state index is 0.184. The van der Waals surface area contributed by atoms with Crippen molar-refractivity contribution in [3.8, 4) is 5.88 Å². The molecule has 1 aromatic rings. The Morgan fingerprint density at radius 3 is 2.92 bits per heavy atom. The number of rotatable bonds is 3. The van der Waals surface area contributed by atoms with Gasteiger partial charge >= 0.3 is 0 Å². The van der Waals surface area contributed by atoms with Crippen molar-refractivity contribution in [2.45, 2.75) is 13.3 Å². The topological polar surface area (TPSA) is 64.8 Å². The average Bonchev–Trinajstić information content (AvgIpc) is 2.47. The van der Waals surface area contributed by atoms with Crippen LogP contribution < -0.4 is 5.32 Å². The van der Waals surface area contributed by atoms with Crippen molar-refractivity contribution < 1.29 is 9.90 Å². The SMILES string of the molecule is CCCNC(=O)c1cc[nH]c1[O]. The molecule has 0 saturated carbocycles. The second-order valence-corrected chi connectivity index (χ2v) is 2.48. The maximum absolute atomic E-state index is 11.2. The minimum atomic E-state index is -0.330. The van der Waals surface area contributed by atoms with Crippen LogP contribution in [0.5, 0.6) is 5.88 Å². The Kier molecular flexibility index (Phi) is 2.74. The molecule has 0 spiro atoms. The first kappa shape index (κ1) is 8.64. The Bertz CT molecular complexity index is 268. The summed E-state index contributed by atoms with van der Waals surface area (Å²) in [5.74, 6) is -0.633. The molecule has 12 heavy (non-hydrogen) atoms. The predicted octanol–water partition coefficient (Wildman–Crippen LogP) is 1.30. The molecule has 0 aliphatic rings. The van der Waals surface area contributed by atoms with Crippen molar-refractivity contribution in [3.63, 3.8) is 0 Å². The Morgan fingerprint density at radius 2 is 2.42 bits per heavy atom. The molecule has 1 heterocycles. The molecule has 1 aromatic heterocycles. The number of carbonyl (C=O) groups excluding carboxylic acids is 1. The lowest BCUT2D eigenvalue weighted by Crippen LogP contribution is -2.23. The fraction of sp³-hybridized carbons (Fsp3) is 0.375. The second-order valence-electron chi connectivity index (χ2n) is 2.48. The highest BCUT2D eigenvalue weighted by atomic mass is 16.3. The maximum atomic E-state index is 11.2. The van der Waals surface area contributed by atoms with Crippen LogP contribution in [0.2, 0.25) is 0 Å². The molecular weight excluding hydrogens is 156 g/mol. The maximum Gasteiger partial charge on any atom is 0.260 e. The predicted molar refractivity (Wildman–Crippen MR) is 43.5 cm³/mol. The fourth-order valence-electron chi connectivity index (χ4n) is 0.867. The van der Waals surface area contributed by atoms with E-state index in [0.717, 1.165) is 6.42 Å². The van der Waals surface area contributed by atoms with E-state index < -0.39 is 0 Å². The summed E-state index contributed by atoms with van der Waals surface area (Å²) in [5, 5.41) is 13.5. The van der Waals surface area contributed by atoms with Crippen LogP contribution in [-0.4, -0.2) is 17.4 Å². The van der Waals surface area contributed by atoms with E-state index in [2.05, 4.69) is 10.3 Å². The van der Waals surface area contributed by atoms with Gasteiger partial charge in [0.05, 0.1) is 0 Å².